The second-order valence-corrected chi connectivity index (χ2v) is 5.41. The Morgan fingerprint density at radius 2 is 1.08 bits per heavy atom. The molecule has 0 amide bonds. The number of nitrogen functional groups attached to an aromatic ring is 2. The Hall–Kier alpha value is -3.40. The summed E-state index contributed by atoms with van der Waals surface area (Å²) in [7, 11) is 0. The maximum atomic E-state index is 12.8. The summed E-state index contributed by atoms with van der Waals surface area (Å²) in [6.07, 6.45) is 0. The van der Waals surface area contributed by atoms with Crippen molar-refractivity contribution >= 4 is 22.9 Å². The molecule has 24 heavy (non-hydrogen) atoms. The minimum atomic E-state index is -0.271. The second-order valence-electron chi connectivity index (χ2n) is 5.41. The van der Waals surface area contributed by atoms with Gasteiger partial charge in [-0.05, 0) is 36.4 Å². The molecule has 0 atom stereocenters. The van der Waals surface area contributed by atoms with E-state index in [1.807, 2.05) is 0 Å². The van der Waals surface area contributed by atoms with Crippen molar-refractivity contribution in [1.82, 2.24) is 0 Å². The summed E-state index contributed by atoms with van der Waals surface area (Å²) in [5, 5.41) is 0. The molecule has 4 heteroatoms. The van der Waals surface area contributed by atoms with Crippen LogP contribution in [0.3, 0.4) is 0 Å². The predicted octanol–water partition coefficient (Wildman–Crippen LogP) is 3.31. The number of rotatable bonds is 4. The van der Waals surface area contributed by atoms with Crippen LogP contribution in [0.1, 0.15) is 31.8 Å². The number of nitrogens with two attached hydrogens (primary N) is 2. The average Bonchev–Trinajstić information content (AvgIpc) is 2.61. The maximum Gasteiger partial charge on any atom is 0.195 e. The number of carbonyl (C=O) groups excluding carboxylic acids is 2. The van der Waals surface area contributed by atoms with E-state index in [4.69, 9.17) is 11.5 Å². The van der Waals surface area contributed by atoms with E-state index in [-0.39, 0.29) is 11.6 Å². The number of benzene rings is 3. The summed E-state index contributed by atoms with van der Waals surface area (Å²) in [4.78, 5) is 25.6. The fourth-order valence-electron chi connectivity index (χ4n) is 2.52. The van der Waals surface area contributed by atoms with Crippen LogP contribution in [0.2, 0.25) is 0 Å². The van der Waals surface area contributed by atoms with Crippen LogP contribution in [0, 0.1) is 0 Å². The topological polar surface area (TPSA) is 86.2 Å². The van der Waals surface area contributed by atoms with Gasteiger partial charge in [0.25, 0.3) is 0 Å². The summed E-state index contributed by atoms with van der Waals surface area (Å²) < 4.78 is 0. The first kappa shape index (κ1) is 15.5. The fraction of sp³-hybridized carbons (Fsp3) is 0. The van der Waals surface area contributed by atoms with Crippen LogP contribution in [0.25, 0.3) is 0 Å². The van der Waals surface area contributed by atoms with Gasteiger partial charge in [0, 0.05) is 33.6 Å². The second kappa shape index (κ2) is 6.38. The summed E-state index contributed by atoms with van der Waals surface area (Å²) in [5.74, 6) is -0.499. The van der Waals surface area contributed by atoms with Gasteiger partial charge < -0.3 is 11.5 Å². The molecule has 0 bridgehead atoms. The Morgan fingerprint density at radius 1 is 0.583 bits per heavy atom. The number of ketones is 2. The fourth-order valence-corrected chi connectivity index (χ4v) is 2.52. The highest BCUT2D eigenvalue weighted by molar-refractivity contribution is 6.20. The van der Waals surface area contributed by atoms with Crippen LogP contribution in [0.15, 0.2) is 72.8 Å². The largest absolute Gasteiger partial charge is 0.399 e. The molecule has 0 aliphatic rings. The number of hydrogen-bond acceptors (Lipinski definition) is 4. The van der Waals surface area contributed by atoms with E-state index >= 15 is 0 Å². The number of hydrogen-bond donors (Lipinski definition) is 2. The van der Waals surface area contributed by atoms with E-state index in [2.05, 4.69) is 0 Å². The van der Waals surface area contributed by atoms with Crippen molar-refractivity contribution < 1.29 is 9.59 Å². The molecular formula is C20H16N2O2. The molecule has 118 valence electrons. The van der Waals surface area contributed by atoms with Crippen molar-refractivity contribution in [3.05, 3.63) is 95.1 Å². The molecule has 0 aliphatic carbocycles. The summed E-state index contributed by atoms with van der Waals surface area (Å²) in [6, 6.07) is 20.2. The third-order valence-corrected chi connectivity index (χ3v) is 3.79. The molecule has 0 saturated heterocycles. The molecule has 0 aromatic heterocycles. The first-order chi connectivity index (χ1) is 11.6. The van der Waals surface area contributed by atoms with Gasteiger partial charge >= 0.3 is 0 Å². The van der Waals surface area contributed by atoms with Gasteiger partial charge in [-0.2, -0.15) is 0 Å². The zero-order valence-corrected chi connectivity index (χ0v) is 12.9. The Bertz CT molecular complexity index is 915. The van der Waals surface area contributed by atoms with Gasteiger partial charge in [-0.1, -0.05) is 36.4 Å². The van der Waals surface area contributed by atoms with Gasteiger partial charge in [-0.15, -0.1) is 0 Å². The highest BCUT2D eigenvalue weighted by Gasteiger charge is 2.20. The molecule has 0 heterocycles. The van der Waals surface area contributed by atoms with Crippen LogP contribution in [-0.4, -0.2) is 11.6 Å². The Kier molecular flexibility index (Phi) is 4.12. The first-order valence-corrected chi connectivity index (χ1v) is 7.46. The Balaban J connectivity index is 2.05. The van der Waals surface area contributed by atoms with Gasteiger partial charge in [0.15, 0.2) is 11.6 Å². The smallest absolute Gasteiger partial charge is 0.195 e. The van der Waals surface area contributed by atoms with Crippen LogP contribution in [-0.2, 0) is 0 Å². The van der Waals surface area contributed by atoms with E-state index in [1.54, 1.807) is 72.8 Å². The van der Waals surface area contributed by atoms with E-state index in [0.717, 1.165) is 0 Å². The quantitative estimate of drug-likeness (QED) is 0.571. The Morgan fingerprint density at radius 3 is 1.67 bits per heavy atom. The third kappa shape index (κ3) is 2.90. The van der Waals surface area contributed by atoms with Crippen molar-refractivity contribution in [3.63, 3.8) is 0 Å². The summed E-state index contributed by atoms with van der Waals surface area (Å²) in [5.41, 5.74) is 14.0. The standard InChI is InChI=1S/C20H16N2O2/c21-14-11-9-13(10-12-14)19(23)15-5-1-2-6-16(15)20(24)17-7-3-4-8-18(17)22/h1-12H,21-22H2. The molecule has 0 saturated carbocycles. The minimum Gasteiger partial charge on any atom is -0.399 e. The lowest BCUT2D eigenvalue weighted by atomic mass is 9.93. The lowest BCUT2D eigenvalue weighted by Crippen LogP contribution is -2.12. The zero-order chi connectivity index (χ0) is 17.1. The van der Waals surface area contributed by atoms with E-state index in [9.17, 15) is 9.59 Å². The van der Waals surface area contributed by atoms with Crippen LogP contribution in [0.4, 0.5) is 11.4 Å². The van der Waals surface area contributed by atoms with Gasteiger partial charge in [0.05, 0.1) is 0 Å². The van der Waals surface area contributed by atoms with Gasteiger partial charge in [-0.25, -0.2) is 0 Å². The van der Waals surface area contributed by atoms with Crippen molar-refractivity contribution in [3.8, 4) is 0 Å². The highest BCUT2D eigenvalue weighted by atomic mass is 16.1. The van der Waals surface area contributed by atoms with Crippen LogP contribution in [0.5, 0.6) is 0 Å². The van der Waals surface area contributed by atoms with Gasteiger partial charge in [-0.3, -0.25) is 9.59 Å². The molecular weight excluding hydrogens is 300 g/mol. The van der Waals surface area contributed by atoms with Crippen molar-refractivity contribution in [2.24, 2.45) is 0 Å². The highest BCUT2D eigenvalue weighted by Crippen LogP contribution is 2.21. The molecule has 4 N–H and O–H groups in total. The normalized spacial score (nSPS) is 10.3. The molecule has 3 aromatic carbocycles. The van der Waals surface area contributed by atoms with Crippen molar-refractivity contribution in [1.29, 1.82) is 0 Å². The minimum absolute atomic E-state index is 0.228. The Labute approximate surface area is 139 Å². The third-order valence-electron chi connectivity index (χ3n) is 3.79. The van der Waals surface area contributed by atoms with E-state index in [0.29, 0.717) is 33.6 Å². The number of anilines is 2. The van der Waals surface area contributed by atoms with Gasteiger partial charge in [0.1, 0.15) is 0 Å². The van der Waals surface area contributed by atoms with Crippen molar-refractivity contribution in [2.45, 2.75) is 0 Å². The average molecular weight is 316 g/mol. The number of para-hydroxylation sites is 1. The lowest BCUT2D eigenvalue weighted by molar-refractivity contribution is 0.100. The molecule has 0 unspecified atom stereocenters. The molecule has 0 spiro atoms. The van der Waals surface area contributed by atoms with Crippen LogP contribution >= 0.6 is 0 Å². The van der Waals surface area contributed by atoms with Crippen molar-refractivity contribution in [2.75, 3.05) is 11.5 Å². The summed E-state index contributed by atoms with van der Waals surface area (Å²) in [6.45, 7) is 0. The molecule has 0 fully saturated rings. The van der Waals surface area contributed by atoms with E-state index < -0.39 is 0 Å². The summed E-state index contributed by atoms with van der Waals surface area (Å²) >= 11 is 0. The zero-order valence-electron chi connectivity index (χ0n) is 12.9. The molecule has 0 aliphatic heterocycles. The van der Waals surface area contributed by atoms with E-state index in [1.165, 1.54) is 0 Å². The SMILES string of the molecule is Nc1ccc(C(=O)c2ccccc2C(=O)c2ccccc2N)cc1. The lowest BCUT2D eigenvalue weighted by Gasteiger charge is -2.10. The van der Waals surface area contributed by atoms with Gasteiger partial charge in [0.2, 0.25) is 0 Å². The monoisotopic (exact) mass is 316 g/mol. The molecule has 3 aromatic rings. The number of carbonyl (C=O) groups is 2. The molecule has 0 radical (unpaired) electrons. The molecule has 3 rings (SSSR count). The van der Waals surface area contributed by atoms with Crippen LogP contribution < -0.4 is 11.5 Å². The first-order valence-electron chi connectivity index (χ1n) is 7.46. The molecule has 4 nitrogen and oxygen atoms in total. The maximum absolute atomic E-state index is 12.8. The predicted molar refractivity (Wildman–Crippen MR) is 95.0 cm³/mol.